The fourth-order valence-corrected chi connectivity index (χ4v) is 2.02. The monoisotopic (exact) mass is 286 g/mol. The topological polar surface area (TPSA) is 84.5 Å². The largest absolute Gasteiger partial charge is 0.464 e. The summed E-state index contributed by atoms with van der Waals surface area (Å²) >= 11 is 0. The predicted molar refractivity (Wildman–Crippen MR) is 74.6 cm³/mol. The lowest BCUT2D eigenvalue weighted by molar-refractivity contribution is -0.143. The molecule has 19 heavy (non-hydrogen) atoms. The third-order valence-electron chi connectivity index (χ3n) is 2.19. The number of sulfonamides is 1. The van der Waals surface area contributed by atoms with Gasteiger partial charge >= 0.3 is 5.97 Å². The number of carbonyl (C=O) groups excluding carboxylic acids is 1. The zero-order valence-electron chi connectivity index (χ0n) is 11.1. The molecule has 2 N–H and O–H groups in total. The van der Waals surface area contributed by atoms with Crippen molar-refractivity contribution in [3.63, 3.8) is 0 Å². The molecule has 0 spiro atoms. The van der Waals surface area contributed by atoms with Gasteiger partial charge in [0.05, 0.1) is 18.6 Å². The van der Waals surface area contributed by atoms with Crippen molar-refractivity contribution in [2.75, 3.05) is 22.9 Å². The minimum Gasteiger partial charge on any atom is -0.464 e. The van der Waals surface area contributed by atoms with Crippen molar-refractivity contribution in [2.45, 2.75) is 19.9 Å². The number of carbonyl (C=O) groups is 1. The molecule has 0 aliphatic heterocycles. The fraction of sp³-hybridized carbons (Fsp3) is 0.417. The van der Waals surface area contributed by atoms with Crippen LogP contribution >= 0.6 is 0 Å². The summed E-state index contributed by atoms with van der Waals surface area (Å²) in [5, 5.41) is 2.94. The number of nitrogens with one attached hydrogen (secondary N) is 2. The number of benzene rings is 1. The van der Waals surface area contributed by atoms with Crippen LogP contribution in [0.2, 0.25) is 0 Å². The average Bonchev–Trinajstić information content (AvgIpc) is 2.27. The number of rotatable bonds is 6. The van der Waals surface area contributed by atoms with Crippen molar-refractivity contribution in [2.24, 2.45) is 0 Å². The van der Waals surface area contributed by atoms with Gasteiger partial charge in [0.25, 0.3) is 0 Å². The Bertz CT molecular complexity index is 542. The molecular weight excluding hydrogens is 268 g/mol. The molecule has 0 heterocycles. The van der Waals surface area contributed by atoms with Gasteiger partial charge in [-0.05, 0) is 32.0 Å². The van der Waals surface area contributed by atoms with Gasteiger partial charge < -0.3 is 10.1 Å². The summed E-state index contributed by atoms with van der Waals surface area (Å²) in [4.78, 5) is 11.5. The van der Waals surface area contributed by atoms with Crippen molar-refractivity contribution in [1.82, 2.24) is 0 Å². The molecule has 1 aromatic carbocycles. The minimum absolute atomic E-state index is 0.320. The molecule has 1 unspecified atom stereocenters. The van der Waals surface area contributed by atoms with Gasteiger partial charge in [-0.1, -0.05) is 6.07 Å². The van der Waals surface area contributed by atoms with Gasteiger partial charge in [0.1, 0.15) is 6.04 Å². The van der Waals surface area contributed by atoms with Gasteiger partial charge in [0, 0.05) is 5.69 Å². The molecule has 1 aromatic rings. The van der Waals surface area contributed by atoms with Crippen LogP contribution in [-0.2, 0) is 19.6 Å². The van der Waals surface area contributed by atoms with Crippen LogP contribution in [0.25, 0.3) is 0 Å². The van der Waals surface area contributed by atoms with Crippen LogP contribution in [0.3, 0.4) is 0 Å². The van der Waals surface area contributed by atoms with Crippen molar-refractivity contribution in [1.29, 1.82) is 0 Å². The Balaban J connectivity index is 2.74. The lowest BCUT2D eigenvalue weighted by Crippen LogP contribution is -2.28. The molecule has 0 bridgehead atoms. The highest BCUT2D eigenvalue weighted by Crippen LogP contribution is 2.17. The highest BCUT2D eigenvalue weighted by atomic mass is 32.2. The first kappa shape index (κ1) is 15.3. The Kier molecular flexibility index (Phi) is 5.17. The van der Waals surface area contributed by atoms with Gasteiger partial charge in [-0.2, -0.15) is 0 Å². The standard InChI is InChI=1S/C12H18N2O4S/c1-4-18-12(15)9(2)13-10-6-5-7-11(8-10)14-19(3,16)17/h5-9,13-14H,4H2,1-3H3. The molecule has 0 radical (unpaired) electrons. The Morgan fingerprint density at radius 1 is 1.37 bits per heavy atom. The van der Waals surface area contributed by atoms with Crippen molar-refractivity contribution < 1.29 is 17.9 Å². The zero-order chi connectivity index (χ0) is 14.5. The Morgan fingerprint density at radius 3 is 2.58 bits per heavy atom. The summed E-state index contributed by atoms with van der Waals surface area (Å²) < 4.78 is 29.5. The molecule has 0 saturated heterocycles. The van der Waals surface area contributed by atoms with E-state index in [-0.39, 0.29) is 5.97 Å². The molecule has 1 rings (SSSR count). The van der Waals surface area contributed by atoms with Gasteiger partial charge in [0.2, 0.25) is 10.0 Å². The molecule has 0 fully saturated rings. The van der Waals surface area contributed by atoms with E-state index in [4.69, 9.17) is 4.74 Å². The number of anilines is 2. The molecule has 106 valence electrons. The van der Waals surface area contributed by atoms with E-state index in [1.54, 1.807) is 38.1 Å². The molecule has 1 atom stereocenters. The summed E-state index contributed by atoms with van der Waals surface area (Å²) in [6.45, 7) is 3.73. The molecule has 0 saturated carbocycles. The van der Waals surface area contributed by atoms with Crippen molar-refractivity contribution in [3.05, 3.63) is 24.3 Å². The molecular formula is C12H18N2O4S. The van der Waals surface area contributed by atoms with Crippen molar-refractivity contribution >= 4 is 27.4 Å². The first-order valence-corrected chi connectivity index (χ1v) is 7.72. The van der Waals surface area contributed by atoms with E-state index in [1.807, 2.05) is 0 Å². The SMILES string of the molecule is CCOC(=O)C(C)Nc1cccc(NS(C)(=O)=O)c1. The predicted octanol–water partition coefficient (Wildman–Crippen LogP) is 1.42. The van der Waals surface area contributed by atoms with Crippen LogP contribution < -0.4 is 10.0 Å². The Morgan fingerprint density at radius 2 is 2.00 bits per heavy atom. The first-order valence-electron chi connectivity index (χ1n) is 5.83. The van der Waals surface area contributed by atoms with Crippen LogP contribution in [0, 0.1) is 0 Å². The normalized spacial score (nSPS) is 12.6. The third-order valence-corrected chi connectivity index (χ3v) is 2.80. The quantitative estimate of drug-likeness (QED) is 0.773. The summed E-state index contributed by atoms with van der Waals surface area (Å²) in [6.07, 6.45) is 1.08. The minimum atomic E-state index is -3.32. The van der Waals surface area contributed by atoms with Crippen LogP contribution in [0.15, 0.2) is 24.3 Å². The Labute approximate surface area is 113 Å². The van der Waals surface area contributed by atoms with Gasteiger partial charge in [-0.25, -0.2) is 13.2 Å². The number of esters is 1. The van der Waals surface area contributed by atoms with E-state index in [2.05, 4.69) is 10.0 Å². The van der Waals surface area contributed by atoms with E-state index in [0.717, 1.165) is 6.26 Å². The van der Waals surface area contributed by atoms with E-state index in [1.165, 1.54) is 0 Å². The van der Waals surface area contributed by atoms with Crippen LogP contribution in [-0.4, -0.2) is 33.3 Å². The van der Waals surface area contributed by atoms with E-state index < -0.39 is 16.1 Å². The maximum atomic E-state index is 11.5. The van der Waals surface area contributed by atoms with Crippen LogP contribution in [0.1, 0.15) is 13.8 Å². The molecule has 7 heteroatoms. The molecule has 6 nitrogen and oxygen atoms in total. The van der Waals surface area contributed by atoms with Gasteiger partial charge in [0.15, 0.2) is 0 Å². The van der Waals surface area contributed by atoms with E-state index >= 15 is 0 Å². The van der Waals surface area contributed by atoms with E-state index in [9.17, 15) is 13.2 Å². The maximum absolute atomic E-state index is 11.5. The summed E-state index contributed by atoms with van der Waals surface area (Å²) in [5.74, 6) is -0.357. The second kappa shape index (κ2) is 6.42. The molecule has 0 aliphatic rings. The molecule has 0 amide bonds. The smallest absolute Gasteiger partial charge is 0.328 e. The number of hydrogen-bond donors (Lipinski definition) is 2. The molecule has 0 aromatic heterocycles. The van der Waals surface area contributed by atoms with Crippen LogP contribution in [0.4, 0.5) is 11.4 Å². The molecule has 0 aliphatic carbocycles. The van der Waals surface area contributed by atoms with Gasteiger partial charge in [-0.15, -0.1) is 0 Å². The summed E-state index contributed by atoms with van der Waals surface area (Å²) in [5.41, 5.74) is 1.07. The third kappa shape index (κ3) is 5.60. The van der Waals surface area contributed by atoms with Crippen molar-refractivity contribution in [3.8, 4) is 0 Å². The lowest BCUT2D eigenvalue weighted by Gasteiger charge is -2.14. The van der Waals surface area contributed by atoms with E-state index in [0.29, 0.717) is 18.0 Å². The maximum Gasteiger partial charge on any atom is 0.328 e. The highest BCUT2D eigenvalue weighted by molar-refractivity contribution is 7.92. The number of hydrogen-bond acceptors (Lipinski definition) is 5. The van der Waals surface area contributed by atoms with Gasteiger partial charge in [-0.3, -0.25) is 4.72 Å². The average molecular weight is 286 g/mol. The lowest BCUT2D eigenvalue weighted by atomic mass is 10.2. The number of ether oxygens (including phenoxy) is 1. The summed E-state index contributed by atoms with van der Waals surface area (Å²) in [6, 6.07) is 6.16. The highest BCUT2D eigenvalue weighted by Gasteiger charge is 2.13. The second-order valence-corrected chi connectivity index (χ2v) is 5.82. The Hall–Kier alpha value is -1.76. The fourth-order valence-electron chi connectivity index (χ4n) is 1.46. The van der Waals surface area contributed by atoms with Crippen LogP contribution in [0.5, 0.6) is 0 Å². The summed E-state index contributed by atoms with van der Waals surface area (Å²) in [7, 11) is -3.32. The first-order chi connectivity index (χ1) is 8.81. The second-order valence-electron chi connectivity index (χ2n) is 4.07. The zero-order valence-corrected chi connectivity index (χ0v) is 12.0.